The van der Waals surface area contributed by atoms with E-state index in [0.29, 0.717) is 13.0 Å². The van der Waals surface area contributed by atoms with Gasteiger partial charge in [-0.1, -0.05) is 60.7 Å². The van der Waals surface area contributed by atoms with Gasteiger partial charge >= 0.3 is 6.03 Å². The van der Waals surface area contributed by atoms with Gasteiger partial charge in [-0.05, 0) is 30.4 Å². The molecular formula is C21H22N2O2. The summed E-state index contributed by atoms with van der Waals surface area (Å²) < 4.78 is 0. The number of β-lactam (4-membered cyclic amide) rings is 1. The second-order valence-electron chi connectivity index (χ2n) is 6.94. The molecule has 1 saturated heterocycles. The van der Waals surface area contributed by atoms with E-state index in [9.17, 15) is 9.59 Å². The lowest BCUT2D eigenvalue weighted by Gasteiger charge is -2.41. The smallest absolute Gasteiger partial charge is 0.317 e. The number of hydrogen-bond donors (Lipinski definition) is 0. The van der Waals surface area contributed by atoms with Gasteiger partial charge in [-0.3, -0.25) is 9.69 Å². The fraction of sp³-hybridized carbons (Fsp3) is 0.333. The topological polar surface area (TPSA) is 40.6 Å². The van der Waals surface area contributed by atoms with Crippen LogP contribution in [0.1, 0.15) is 30.4 Å². The van der Waals surface area contributed by atoms with E-state index in [2.05, 4.69) is 0 Å². The molecule has 0 bridgehead atoms. The van der Waals surface area contributed by atoms with Gasteiger partial charge in [0, 0.05) is 19.0 Å². The van der Waals surface area contributed by atoms with E-state index in [-0.39, 0.29) is 24.0 Å². The van der Waals surface area contributed by atoms with Crippen molar-refractivity contribution in [2.75, 3.05) is 0 Å². The number of likely N-dealkylation sites (tertiary alicyclic amines) is 1. The molecule has 3 amide bonds. The van der Waals surface area contributed by atoms with Gasteiger partial charge in [0.15, 0.2) is 0 Å². The number of benzene rings is 2. The lowest BCUT2D eigenvalue weighted by molar-refractivity contribution is -0.141. The molecule has 1 aliphatic heterocycles. The van der Waals surface area contributed by atoms with Crippen molar-refractivity contribution in [2.24, 2.45) is 0 Å². The Morgan fingerprint density at radius 2 is 1.56 bits per heavy atom. The van der Waals surface area contributed by atoms with Gasteiger partial charge in [-0.2, -0.15) is 0 Å². The van der Waals surface area contributed by atoms with Crippen molar-refractivity contribution in [2.45, 2.75) is 44.3 Å². The third-order valence-electron chi connectivity index (χ3n) is 4.99. The monoisotopic (exact) mass is 334 g/mol. The molecule has 1 aliphatic carbocycles. The Hall–Kier alpha value is -2.62. The maximum absolute atomic E-state index is 13.1. The summed E-state index contributed by atoms with van der Waals surface area (Å²) in [7, 11) is 0. The summed E-state index contributed by atoms with van der Waals surface area (Å²) in [4.78, 5) is 28.6. The maximum atomic E-state index is 13.1. The highest BCUT2D eigenvalue weighted by molar-refractivity contribution is 6.00. The Morgan fingerprint density at radius 1 is 0.960 bits per heavy atom. The standard InChI is InChI=1S/C21H22N2O2/c24-20-14-19(13-16-7-3-1-4-8-16)23(20)21(25)22(18-11-12-18)15-17-9-5-2-6-10-17/h1-10,18-19H,11-15H2/t19-/m0/s1. The van der Waals surface area contributed by atoms with Crippen LogP contribution in [0.4, 0.5) is 4.79 Å². The van der Waals surface area contributed by atoms with E-state index in [4.69, 9.17) is 0 Å². The maximum Gasteiger partial charge on any atom is 0.327 e. The molecule has 4 rings (SSSR count). The Bertz CT molecular complexity index is 756. The highest BCUT2D eigenvalue weighted by Crippen LogP contribution is 2.32. The second-order valence-corrected chi connectivity index (χ2v) is 6.94. The lowest BCUT2D eigenvalue weighted by Crippen LogP contribution is -2.60. The SMILES string of the molecule is O=C1C[C@H](Cc2ccccc2)N1C(=O)N(Cc1ccccc1)C1CC1. The molecule has 128 valence electrons. The van der Waals surface area contributed by atoms with Crippen LogP contribution in [0.5, 0.6) is 0 Å². The summed E-state index contributed by atoms with van der Waals surface area (Å²) in [5.74, 6) is -0.0513. The molecule has 0 aromatic heterocycles. The zero-order valence-electron chi connectivity index (χ0n) is 14.2. The molecule has 25 heavy (non-hydrogen) atoms. The highest BCUT2D eigenvalue weighted by Gasteiger charge is 2.45. The van der Waals surface area contributed by atoms with Crippen LogP contribution in [0, 0.1) is 0 Å². The van der Waals surface area contributed by atoms with Gasteiger partial charge in [0.2, 0.25) is 5.91 Å². The van der Waals surface area contributed by atoms with Crippen LogP contribution >= 0.6 is 0 Å². The minimum absolute atomic E-state index is 0.0144. The first kappa shape index (κ1) is 15.9. The van der Waals surface area contributed by atoms with E-state index >= 15 is 0 Å². The van der Waals surface area contributed by atoms with Crippen LogP contribution < -0.4 is 0 Å². The first-order valence-corrected chi connectivity index (χ1v) is 8.93. The predicted octanol–water partition coefficient (Wildman–Crippen LogP) is 3.61. The molecular weight excluding hydrogens is 312 g/mol. The van der Waals surface area contributed by atoms with Gasteiger partial charge in [0.05, 0.1) is 6.04 Å². The van der Waals surface area contributed by atoms with Crippen molar-refractivity contribution < 1.29 is 9.59 Å². The van der Waals surface area contributed by atoms with Gasteiger partial charge in [-0.25, -0.2) is 4.79 Å². The number of hydrogen-bond acceptors (Lipinski definition) is 2. The molecule has 0 unspecified atom stereocenters. The number of rotatable bonds is 5. The first-order chi connectivity index (χ1) is 12.2. The number of urea groups is 1. The highest BCUT2D eigenvalue weighted by atomic mass is 16.2. The molecule has 1 saturated carbocycles. The van der Waals surface area contributed by atoms with E-state index in [1.54, 1.807) is 0 Å². The van der Waals surface area contributed by atoms with Gasteiger partial charge in [0.25, 0.3) is 0 Å². The van der Waals surface area contributed by atoms with Crippen molar-refractivity contribution in [3.05, 3.63) is 71.8 Å². The third kappa shape index (κ3) is 3.43. The van der Waals surface area contributed by atoms with Gasteiger partial charge in [-0.15, -0.1) is 0 Å². The van der Waals surface area contributed by atoms with E-state index in [1.165, 1.54) is 10.5 Å². The molecule has 0 N–H and O–H groups in total. The summed E-state index contributed by atoms with van der Waals surface area (Å²) in [6, 6.07) is 20.2. The Morgan fingerprint density at radius 3 is 2.12 bits per heavy atom. The fourth-order valence-corrected chi connectivity index (χ4v) is 3.45. The quantitative estimate of drug-likeness (QED) is 0.784. The molecule has 0 radical (unpaired) electrons. The van der Waals surface area contributed by atoms with E-state index < -0.39 is 0 Å². The Kier molecular flexibility index (Phi) is 4.26. The lowest BCUT2D eigenvalue weighted by atomic mass is 9.95. The van der Waals surface area contributed by atoms with Crippen molar-refractivity contribution in [3.63, 3.8) is 0 Å². The summed E-state index contributed by atoms with van der Waals surface area (Å²) in [6.07, 6.45) is 3.26. The first-order valence-electron chi connectivity index (χ1n) is 8.93. The molecule has 2 aliphatic rings. The Balaban J connectivity index is 1.48. The normalized spacial score (nSPS) is 19.4. The number of carbonyl (C=O) groups is 2. The van der Waals surface area contributed by atoms with E-state index in [1.807, 2.05) is 65.6 Å². The largest absolute Gasteiger partial charge is 0.327 e. The van der Waals surface area contributed by atoms with Crippen LogP contribution in [-0.4, -0.2) is 33.8 Å². The van der Waals surface area contributed by atoms with Crippen molar-refractivity contribution in [1.82, 2.24) is 9.80 Å². The number of amides is 3. The summed E-state index contributed by atoms with van der Waals surface area (Å²) in [5.41, 5.74) is 2.27. The molecule has 4 nitrogen and oxygen atoms in total. The van der Waals surface area contributed by atoms with E-state index in [0.717, 1.165) is 24.8 Å². The Labute approximate surface area is 148 Å². The second kappa shape index (κ2) is 6.71. The molecule has 1 heterocycles. The van der Waals surface area contributed by atoms with Crippen LogP contribution in [-0.2, 0) is 17.8 Å². The zero-order valence-corrected chi connectivity index (χ0v) is 14.2. The zero-order chi connectivity index (χ0) is 17.2. The minimum atomic E-state index is -0.122. The molecule has 4 heteroatoms. The molecule has 2 aromatic carbocycles. The summed E-state index contributed by atoms with van der Waals surface area (Å²) in [6.45, 7) is 0.576. The van der Waals surface area contributed by atoms with Crippen molar-refractivity contribution >= 4 is 11.9 Å². The molecule has 2 fully saturated rings. The number of imide groups is 1. The van der Waals surface area contributed by atoms with Crippen molar-refractivity contribution in [3.8, 4) is 0 Å². The molecule has 1 atom stereocenters. The average Bonchev–Trinajstić information content (AvgIpc) is 3.46. The molecule has 2 aromatic rings. The van der Waals surface area contributed by atoms with Gasteiger partial charge < -0.3 is 4.90 Å². The van der Waals surface area contributed by atoms with Crippen molar-refractivity contribution in [1.29, 1.82) is 0 Å². The third-order valence-corrected chi connectivity index (χ3v) is 4.99. The average molecular weight is 334 g/mol. The van der Waals surface area contributed by atoms with Gasteiger partial charge in [0.1, 0.15) is 0 Å². The number of nitrogens with zero attached hydrogens (tertiary/aromatic N) is 2. The minimum Gasteiger partial charge on any atom is -0.317 e. The van der Waals surface area contributed by atoms with Crippen LogP contribution in [0.15, 0.2) is 60.7 Å². The van der Waals surface area contributed by atoms with Crippen LogP contribution in [0.2, 0.25) is 0 Å². The predicted molar refractivity (Wildman–Crippen MR) is 95.8 cm³/mol. The van der Waals surface area contributed by atoms with Crippen LogP contribution in [0.3, 0.4) is 0 Å². The number of carbonyl (C=O) groups excluding carboxylic acids is 2. The summed E-state index contributed by atoms with van der Waals surface area (Å²) in [5, 5.41) is 0. The summed E-state index contributed by atoms with van der Waals surface area (Å²) >= 11 is 0. The molecule has 0 spiro atoms. The fourth-order valence-electron chi connectivity index (χ4n) is 3.45. The van der Waals surface area contributed by atoms with Crippen LogP contribution in [0.25, 0.3) is 0 Å².